The molecule has 0 fully saturated rings. The van der Waals surface area contributed by atoms with Crippen LogP contribution in [0, 0.1) is 0 Å². The van der Waals surface area contributed by atoms with Crippen LogP contribution in [0.4, 0.5) is 5.82 Å². The molecule has 0 bridgehead atoms. The van der Waals surface area contributed by atoms with Crippen molar-refractivity contribution in [2.45, 2.75) is 19.3 Å². The number of pyridine rings is 1. The number of nitrogens with one attached hydrogen (secondary N) is 2. The third-order valence-corrected chi connectivity index (χ3v) is 4.88. The lowest BCUT2D eigenvalue weighted by atomic mass is 9.91. The van der Waals surface area contributed by atoms with Crippen molar-refractivity contribution in [3.05, 3.63) is 44.7 Å². The van der Waals surface area contributed by atoms with Crippen LogP contribution in [0.3, 0.4) is 0 Å². The normalized spacial score (nSPS) is 11.2. The van der Waals surface area contributed by atoms with Crippen molar-refractivity contribution in [3.63, 3.8) is 0 Å². The van der Waals surface area contributed by atoms with Gasteiger partial charge in [-0.3, -0.25) is 4.79 Å². The fourth-order valence-electron chi connectivity index (χ4n) is 1.96. The highest BCUT2D eigenvalue weighted by Crippen LogP contribution is 2.27. The van der Waals surface area contributed by atoms with E-state index in [0.717, 1.165) is 4.47 Å². The zero-order valence-electron chi connectivity index (χ0n) is 12.2. The second-order valence-corrected chi connectivity index (χ2v) is 7.21. The Morgan fingerprint density at radius 1 is 1.48 bits per heavy atom. The third-order valence-electron chi connectivity index (χ3n) is 3.21. The molecule has 2 aromatic rings. The van der Waals surface area contributed by atoms with Gasteiger partial charge in [-0.15, -0.1) is 11.3 Å². The van der Waals surface area contributed by atoms with Crippen LogP contribution in [-0.2, 0) is 5.41 Å². The van der Waals surface area contributed by atoms with Crippen LogP contribution >= 0.6 is 27.3 Å². The topological polar surface area (TPSA) is 54.0 Å². The molecule has 2 rings (SSSR count). The quantitative estimate of drug-likeness (QED) is 0.847. The Kier molecular flexibility index (Phi) is 5.00. The van der Waals surface area contributed by atoms with Crippen LogP contribution in [0.1, 0.15) is 29.1 Å². The van der Waals surface area contributed by atoms with Crippen LogP contribution in [0.2, 0.25) is 0 Å². The molecule has 0 saturated carbocycles. The highest BCUT2D eigenvalue weighted by Gasteiger charge is 2.23. The average Bonchev–Trinajstić information content (AvgIpc) is 3.00. The first-order chi connectivity index (χ1) is 9.94. The van der Waals surface area contributed by atoms with E-state index in [1.807, 2.05) is 6.07 Å². The first-order valence-electron chi connectivity index (χ1n) is 6.59. The van der Waals surface area contributed by atoms with E-state index in [2.05, 4.69) is 56.8 Å². The van der Waals surface area contributed by atoms with Crippen molar-refractivity contribution in [1.82, 2.24) is 10.3 Å². The molecule has 0 aliphatic rings. The van der Waals surface area contributed by atoms with Crippen LogP contribution < -0.4 is 10.6 Å². The van der Waals surface area contributed by atoms with Gasteiger partial charge in [-0.25, -0.2) is 4.98 Å². The lowest BCUT2D eigenvalue weighted by Gasteiger charge is -2.23. The Morgan fingerprint density at radius 2 is 2.24 bits per heavy atom. The molecular formula is C15H18BrN3OS. The molecule has 0 aliphatic carbocycles. The SMILES string of the molecule is CNc1ncc(Br)cc1C(=O)NCC(C)(C)c1cccs1. The Hall–Kier alpha value is -1.40. The van der Waals surface area contributed by atoms with Gasteiger partial charge < -0.3 is 10.6 Å². The van der Waals surface area contributed by atoms with Gasteiger partial charge in [0.25, 0.3) is 5.91 Å². The van der Waals surface area contributed by atoms with Crippen LogP contribution in [0.25, 0.3) is 0 Å². The van der Waals surface area contributed by atoms with Gasteiger partial charge >= 0.3 is 0 Å². The molecule has 1 amide bonds. The number of nitrogens with zero attached hydrogens (tertiary/aromatic N) is 1. The maximum atomic E-state index is 12.4. The van der Waals surface area contributed by atoms with E-state index < -0.39 is 0 Å². The molecule has 0 aliphatic heterocycles. The molecular weight excluding hydrogens is 350 g/mol. The monoisotopic (exact) mass is 367 g/mol. The molecule has 0 saturated heterocycles. The Morgan fingerprint density at radius 3 is 2.86 bits per heavy atom. The summed E-state index contributed by atoms with van der Waals surface area (Å²) in [7, 11) is 1.75. The molecule has 0 spiro atoms. The van der Waals surface area contributed by atoms with Gasteiger partial charge in [-0.2, -0.15) is 0 Å². The second-order valence-electron chi connectivity index (χ2n) is 5.34. The molecule has 2 aromatic heterocycles. The Balaban J connectivity index is 2.10. The Labute approximate surface area is 137 Å². The van der Waals surface area contributed by atoms with E-state index in [4.69, 9.17) is 0 Å². The number of thiophene rings is 1. The van der Waals surface area contributed by atoms with Gasteiger partial charge in [0.15, 0.2) is 0 Å². The van der Waals surface area contributed by atoms with Gasteiger partial charge in [0.2, 0.25) is 0 Å². The van der Waals surface area contributed by atoms with Crippen LogP contribution in [-0.4, -0.2) is 24.5 Å². The number of rotatable bonds is 5. The fraction of sp³-hybridized carbons (Fsp3) is 0.333. The number of halogens is 1. The fourth-order valence-corrected chi connectivity index (χ4v) is 3.14. The minimum Gasteiger partial charge on any atom is -0.372 e. The first kappa shape index (κ1) is 16.0. The lowest BCUT2D eigenvalue weighted by Crippen LogP contribution is -2.36. The van der Waals surface area contributed by atoms with Crippen molar-refractivity contribution in [3.8, 4) is 0 Å². The van der Waals surface area contributed by atoms with E-state index in [-0.39, 0.29) is 11.3 Å². The number of carbonyl (C=O) groups is 1. The van der Waals surface area contributed by atoms with Crippen molar-refractivity contribution in [2.24, 2.45) is 0 Å². The number of carbonyl (C=O) groups excluding carboxylic acids is 1. The average molecular weight is 368 g/mol. The summed E-state index contributed by atoms with van der Waals surface area (Å²) >= 11 is 5.05. The zero-order chi connectivity index (χ0) is 15.5. The zero-order valence-corrected chi connectivity index (χ0v) is 14.6. The number of hydrogen-bond donors (Lipinski definition) is 2. The van der Waals surface area contributed by atoms with Gasteiger partial charge in [0.05, 0.1) is 5.56 Å². The van der Waals surface area contributed by atoms with Crippen LogP contribution in [0.5, 0.6) is 0 Å². The van der Waals surface area contributed by atoms with E-state index in [0.29, 0.717) is 17.9 Å². The lowest BCUT2D eigenvalue weighted by molar-refractivity contribution is 0.0946. The molecule has 0 aromatic carbocycles. The van der Waals surface area contributed by atoms with Crippen molar-refractivity contribution in [1.29, 1.82) is 0 Å². The molecule has 4 nitrogen and oxygen atoms in total. The molecule has 2 N–H and O–H groups in total. The number of anilines is 1. The van der Waals surface area contributed by atoms with Gasteiger partial charge in [0.1, 0.15) is 5.82 Å². The molecule has 0 radical (unpaired) electrons. The number of aromatic nitrogens is 1. The van der Waals surface area contributed by atoms with Gasteiger partial charge in [-0.05, 0) is 33.4 Å². The maximum Gasteiger partial charge on any atom is 0.255 e. The first-order valence-corrected chi connectivity index (χ1v) is 8.27. The summed E-state index contributed by atoms with van der Waals surface area (Å²) in [6, 6.07) is 5.89. The summed E-state index contributed by atoms with van der Waals surface area (Å²) in [6.07, 6.45) is 1.66. The van der Waals surface area contributed by atoms with Crippen molar-refractivity contribution < 1.29 is 4.79 Å². The second kappa shape index (κ2) is 6.58. The molecule has 0 atom stereocenters. The molecule has 0 unspecified atom stereocenters. The van der Waals surface area contributed by atoms with Crippen LogP contribution in [0.15, 0.2) is 34.2 Å². The predicted octanol–water partition coefficient (Wildman–Crippen LogP) is 3.65. The highest BCUT2D eigenvalue weighted by molar-refractivity contribution is 9.10. The molecule has 6 heteroatoms. The number of amides is 1. The summed E-state index contributed by atoms with van der Waals surface area (Å²) in [5.74, 6) is 0.447. The van der Waals surface area contributed by atoms with E-state index >= 15 is 0 Å². The van der Waals surface area contributed by atoms with Gasteiger partial charge in [0, 0.05) is 34.6 Å². The molecule has 112 valence electrons. The van der Waals surface area contributed by atoms with E-state index in [1.165, 1.54) is 4.88 Å². The van der Waals surface area contributed by atoms with Crippen molar-refractivity contribution in [2.75, 3.05) is 18.9 Å². The van der Waals surface area contributed by atoms with Crippen molar-refractivity contribution >= 4 is 39.0 Å². The molecule has 2 heterocycles. The summed E-state index contributed by atoms with van der Waals surface area (Å²) in [5.41, 5.74) is 0.442. The Bertz CT molecular complexity index is 626. The van der Waals surface area contributed by atoms with E-state index in [9.17, 15) is 4.79 Å². The third kappa shape index (κ3) is 3.83. The maximum absolute atomic E-state index is 12.4. The standard InChI is InChI=1S/C15H18BrN3OS/c1-15(2,12-5-4-6-21-12)9-19-14(20)11-7-10(16)8-18-13(11)17-3/h4-8H,9H2,1-3H3,(H,17,18)(H,19,20). The smallest absolute Gasteiger partial charge is 0.255 e. The van der Waals surface area contributed by atoms with Gasteiger partial charge in [-0.1, -0.05) is 19.9 Å². The number of hydrogen-bond acceptors (Lipinski definition) is 4. The summed E-state index contributed by atoms with van der Waals surface area (Å²) in [4.78, 5) is 17.8. The molecule has 21 heavy (non-hydrogen) atoms. The minimum atomic E-state index is -0.127. The van der Waals surface area contributed by atoms with E-state index in [1.54, 1.807) is 30.6 Å². The predicted molar refractivity (Wildman–Crippen MR) is 91.2 cm³/mol. The summed E-state index contributed by atoms with van der Waals surface area (Å²) in [5, 5.41) is 7.99. The minimum absolute atomic E-state index is 0.0942. The summed E-state index contributed by atoms with van der Waals surface area (Å²) < 4.78 is 0.782. The largest absolute Gasteiger partial charge is 0.372 e. The summed E-state index contributed by atoms with van der Waals surface area (Å²) in [6.45, 7) is 4.82. The highest BCUT2D eigenvalue weighted by atomic mass is 79.9.